The van der Waals surface area contributed by atoms with Gasteiger partial charge in [0.2, 0.25) is 5.95 Å². The molecule has 1 aromatic heterocycles. The van der Waals surface area contributed by atoms with E-state index < -0.39 is 5.60 Å². The maximum Gasteiger partial charge on any atom is 0.227 e. The summed E-state index contributed by atoms with van der Waals surface area (Å²) in [5.41, 5.74) is 0.399. The summed E-state index contributed by atoms with van der Waals surface area (Å²) >= 11 is 0. The van der Waals surface area contributed by atoms with Gasteiger partial charge in [0.1, 0.15) is 5.82 Å². The third-order valence-electron chi connectivity index (χ3n) is 6.06. The first kappa shape index (κ1) is 18.0. The number of piperidine rings is 2. The van der Waals surface area contributed by atoms with Crippen LogP contribution in [0.3, 0.4) is 0 Å². The molecule has 4 heterocycles. The van der Waals surface area contributed by atoms with Crippen LogP contribution in [0.4, 0.5) is 11.8 Å². The topological polar surface area (TPSA) is 55.7 Å². The van der Waals surface area contributed by atoms with E-state index in [0.29, 0.717) is 6.54 Å². The first-order valence-electron chi connectivity index (χ1n) is 10.4. The Balaban J connectivity index is 1.49. The van der Waals surface area contributed by atoms with Crippen LogP contribution < -0.4 is 9.80 Å². The van der Waals surface area contributed by atoms with Gasteiger partial charge in [0, 0.05) is 44.5 Å². The van der Waals surface area contributed by atoms with Crippen LogP contribution in [0.25, 0.3) is 0 Å². The maximum absolute atomic E-state index is 11.2. The SMILES string of the molecule is Cc1cc(N2CCCC(O)(CN3CCCC3)C2)nc(N2CCCCC2)n1. The highest BCUT2D eigenvalue weighted by molar-refractivity contribution is 5.47. The molecule has 0 amide bonds. The summed E-state index contributed by atoms with van der Waals surface area (Å²) in [5, 5.41) is 11.2. The molecule has 0 bridgehead atoms. The number of aromatic nitrogens is 2. The van der Waals surface area contributed by atoms with Crippen molar-refractivity contribution in [1.29, 1.82) is 0 Å². The number of likely N-dealkylation sites (tertiary alicyclic amines) is 1. The van der Waals surface area contributed by atoms with E-state index in [4.69, 9.17) is 4.98 Å². The molecule has 1 aromatic rings. The smallest absolute Gasteiger partial charge is 0.227 e. The van der Waals surface area contributed by atoms with Crippen LogP contribution in [0, 0.1) is 6.92 Å². The summed E-state index contributed by atoms with van der Waals surface area (Å²) in [6, 6.07) is 2.08. The summed E-state index contributed by atoms with van der Waals surface area (Å²) in [6.45, 7) is 8.88. The number of nitrogens with zero attached hydrogens (tertiary/aromatic N) is 5. The molecule has 3 aliphatic rings. The van der Waals surface area contributed by atoms with Gasteiger partial charge in [-0.05, 0) is 65.0 Å². The number of rotatable bonds is 4. The summed E-state index contributed by atoms with van der Waals surface area (Å²) in [4.78, 5) is 16.6. The van der Waals surface area contributed by atoms with Gasteiger partial charge in [-0.15, -0.1) is 0 Å². The van der Waals surface area contributed by atoms with Crippen molar-refractivity contribution in [1.82, 2.24) is 14.9 Å². The van der Waals surface area contributed by atoms with Crippen molar-refractivity contribution in [2.24, 2.45) is 0 Å². The number of β-amino-alcohol motifs (C(OH)–C–C–N with tert-alkyl or cyclic N) is 1. The fourth-order valence-corrected chi connectivity index (χ4v) is 4.73. The first-order valence-corrected chi connectivity index (χ1v) is 10.4. The Kier molecular flexibility index (Phi) is 5.32. The van der Waals surface area contributed by atoms with E-state index in [1.54, 1.807) is 0 Å². The van der Waals surface area contributed by atoms with Crippen LogP contribution in [0.5, 0.6) is 0 Å². The normalized spacial score (nSPS) is 27.9. The van der Waals surface area contributed by atoms with E-state index in [1.165, 1.54) is 32.1 Å². The van der Waals surface area contributed by atoms with Crippen molar-refractivity contribution in [3.05, 3.63) is 11.8 Å². The molecule has 144 valence electrons. The number of aryl methyl sites for hydroxylation is 1. The molecule has 1 unspecified atom stereocenters. The van der Waals surface area contributed by atoms with Gasteiger partial charge < -0.3 is 19.8 Å². The van der Waals surface area contributed by atoms with E-state index in [1.807, 2.05) is 0 Å². The lowest BCUT2D eigenvalue weighted by Crippen LogP contribution is -2.54. The average molecular weight is 360 g/mol. The average Bonchev–Trinajstić information content (AvgIpc) is 3.14. The zero-order chi connectivity index (χ0) is 18.0. The number of hydrogen-bond acceptors (Lipinski definition) is 6. The zero-order valence-electron chi connectivity index (χ0n) is 16.2. The Labute approximate surface area is 157 Å². The maximum atomic E-state index is 11.2. The van der Waals surface area contributed by atoms with E-state index in [-0.39, 0.29) is 0 Å². The Morgan fingerprint density at radius 1 is 0.923 bits per heavy atom. The molecule has 3 saturated heterocycles. The minimum atomic E-state index is -0.618. The lowest BCUT2D eigenvalue weighted by molar-refractivity contribution is -0.00238. The largest absolute Gasteiger partial charge is 0.387 e. The third-order valence-corrected chi connectivity index (χ3v) is 6.06. The van der Waals surface area contributed by atoms with Crippen LogP contribution in [-0.2, 0) is 0 Å². The molecule has 1 N–H and O–H groups in total. The van der Waals surface area contributed by atoms with E-state index in [9.17, 15) is 5.11 Å². The molecule has 0 saturated carbocycles. The van der Waals surface area contributed by atoms with Gasteiger partial charge in [0.15, 0.2) is 0 Å². The van der Waals surface area contributed by atoms with Gasteiger partial charge in [-0.1, -0.05) is 0 Å². The zero-order valence-corrected chi connectivity index (χ0v) is 16.2. The molecular weight excluding hydrogens is 326 g/mol. The fourth-order valence-electron chi connectivity index (χ4n) is 4.73. The summed E-state index contributed by atoms with van der Waals surface area (Å²) in [7, 11) is 0. The first-order chi connectivity index (χ1) is 12.6. The Morgan fingerprint density at radius 3 is 2.38 bits per heavy atom. The van der Waals surface area contributed by atoms with Gasteiger partial charge in [0.05, 0.1) is 5.60 Å². The predicted octanol–water partition coefficient (Wildman–Crippen LogP) is 2.20. The van der Waals surface area contributed by atoms with Crippen LogP contribution in [0.15, 0.2) is 6.07 Å². The Morgan fingerprint density at radius 2 is 1.62 bits per heavy atom. The Bertz CT molecular complexity index is 612. The molecule has 3 aliphatic heterocycles. The standard InChI is InChI=1S/C20H33N5O/c1-17-14-18(22-19(21-17)24-11-3-2-4-12-24)25-13-7-8-20(26,16-25)15-23-9-5-6-10-23/h14,26H,2-13,15-16H2,1H3. The second-order valence-electron chi connectivity index (χ2n) is 8.45. The van der Waals surface area contributed by atoms with Gasteiger partial charge in [0.25, 0.3) is 0 Å². The minimum Gasteiger partial charge on any atom is -0.387 e. The van der Waals surface area contributed by atoms with Crippen LogP contribution in [-0.4, -0.2) is 71.4 Å². The highest BCUT2D eigenvalue weighted by Gasteiger charge is 2.36. The van der Waals surface area contributed by atoms with Crippen LogP contribution >= 0.6 is 0 Å². The summed E-state index contributed by atoms with van der Waals surface area (Å²) < 4.78 is 0. The number of hydrogen-bond donors (Lipinski definition) is 1. The van der Waals surface area contributed by atoms with Crippen molar-refractivity contribution >= 4 is 11.8 Å². The number of anilines is 2. The van der Waals surface area contributed by atoms with Gasteiger partial charge in [-0.25, -0.2) is 4.98 Å². The number of aliphatic hydroxyl groups is 1. The van der Waals surface area contributed by atoms with Gasteiger partial charge in [-0.2, -0.15) is 4.98 Å². The second kappa shape index (κ2) is 7.69. The molecule has 0 spiro atoms. The van der Waals surface area contributed by atoms with Gasteiger partial charge in [-0.3, -0.25) is 0 Å². The van der Waals surface area contributed by atoms with Crippen LogP contribution in [0.1, 0.15) is 50.6 Å². The van der Waals surface area contributed by atoms with E-state index in [0.717, 1.165) is 69.6 Å². The molecule has 0 radical (unpaired) electrons. The minimum absolute atomic E-state index is 0.618. The Hall–Kier alpha value is -1.40. The fraction of sp³-hybridized carbons (Fsp3) is 0.800. The molecule has 4 rings (SSSR count). The second-order valence-corrected chi connectivity index (χ2v) is 8.45. The van der Waals surface area contributed by atoms with Crippen LogP contribution in [0.2, 0.25) is 0 Å². The molecule has 6 nitrogen and oxygen atoms in total. The lowest BCUT2D eigenvalue weighted by atomic mass is 9.92. The molecule has 0 aliphatic carbocycles. The van der Waals surface area contributed by atoms with Crippen molar-refractivity contribution in [3.8, 4) is 0 Å². The van der Waals surface area contributed by atoms with Crippen molar-refractivity contribution < 1.29 is 5.11 Å². The highest BCUT2D eigenvalue weighted by atomic mass is 16.3. The molecule has 0 aromatic carbocycles. The molecular formula is C20H33N5O. The monoisotopic (exact) mass is 359 g/mol. The van der Waals surface area contributed by atoms with E-state index in [2.05, 4.69) is 32.7 Å². The third kappa shape index (κ3) is 4.12. The molecule has 6 heteroatoms. The molecule has 26 heavy (non-hydrogen) atoms. The highest BCUT2D eigenvalue weighted by Crippen LogP contribution is 2.28. The lowest BCUT2D eigenvalue weighted by Gasteiger charge is -2.42. The molecule has 3 fully saturated rings. The van der Waals surface area contributed by atoms with Gasteiger partial charge >= 0.3 is 0 Å². The quantitative estimate of drug-likeness (QED) is 0.889. The summed E-state index contributed by atoms with van der Waals surface area (Å²) in [6.07, 6.45) is 8.21. The molecule has 1 atom stereocenters. The van der Waals surface area contributed by atoms with E-state index >= 15 is 0 Å². The summed E-state index contributed by atoms with van der Waals surface area (Å²) in [5.74, 6) is 1.85. The van der Waals surface area contributed by atoms with Crippen molar-refractivity contribution in [2.75, 3.05) is 55.6 Å². The van der Waals surface area contributed by atoms with Crippen molar-refractivity contribution in [3.63, 3.8) is 0 Å². The van der Waals surface area contributed by atoms with Crippen molar-refractivity contribution in [2.45, 2.75) is 57.5 Å². The predicted molar refractivity (Wildman–Crippen MR) is 105 cm³/mol.